The Labute approximate surface area is 156 Å². The molecule has 146 valence electrons. The van der Waals surface area contributed by atoms with Gasteiger partial charge in [-0.2, -0.15) is 5.10 Å². The van der Waals surface area contributed by atoms with Gasteiger partial charge in [0.2, 0.25) is 0 Å². The SMILES string of the molecule is Cc1cc(NC(=O)N2CCCO[C@H](CN3CCCCC3)C2)n(C(C)C)n1. The molecule has 1 aromatic heterocycles. The molecule has 0 radical (unpaired) electrons. The van der Waals surface area contributed by atoms with Crippen molar-refractivity contribution in [3.8, 4) is 0 Å². The number of anilines is 1. The van der Waals surface area contributed by atoms with Gasteiger partial charge in [-0.25, -0.2) is 9.48 Å². The van der Waals surface area contributed by atoms with Gasteiger partial charge in [0.05, 0.1) is 11.8 Å². The van der Waals surface area contributed by atoms with Crippen LogP contribution in [0.4, 0.5) is 10.6 Å². The molecule has 26 heavy (non-hydrogen) atoms. The predicted molar refractivity (Wildman–Crippen MR) is 103 cm³/mol. The van der Waals surface area contributed by atoms with Crippen molar-refractivity contribution in [2.75, 3.05) is 44.6 Å². The summed E-state index contributed by atoms with van der Waals surface area (Å²) in [6.07, 6.45) is 4.86. The summed E-state index contributed by atoms with van der Waals surface area (Å²) in [5.74, 6) is 0.764. The van der Waals surface area contributed by atoms with Crippen molar-refractivity contribution in [2.24, 2.45) is 0 Å². The van der Waals surface area contributed by atoms with E-state index in [4.69, 9.17) is 4.74 Å². The van der Waals surface area contributed by atoms with Gasteiger partial charge >= 0.3 is 6.03 Å². The van der Waals surface area contributed by atoms with Gasteiger partial charge in [0.15, 0.2) is 0 Å². The smallest absolute Gasteiger partial charge is 0.323 e. The van der Waals surface area contributed by atoms with E-state index in [0.29, 0.717) is 6.54 Å². The van der Waals surface area contributed by atoms with E-state index in [1.165, 1.54) is 19.3 Å². The maximum absolute atomic E-state index is 12.8. The molecule has 1 aromatic rings. The summed E-state index contributed by atoms with van der Waals surface area (Å²) in [7, 11) is 0. The van der Waals surface area contributed by atoms with Crippen LogP contribution < -0.4 is 5.32 Å². The molecular formula is C19H33N5O2. The lowest BCUT2D eigenvalue weighted by atomic mass is 10.1. The topological polar surface area (TPSA) is 62.6 Å². The van der Waals surface area contributed by atoms with Gasteiger partial charge in [0.1, 0.15) is 5.82 Å². The molecule has 7 heteroatoms. The zero-order valence-electron chi connectivity index (χ0n) is 16.4. The highest BCUT2D eigenvalue weighted by atomic mass is 16.5. The minimum atomic E-state index is -0.0547. The summed E-state index contributed by atoms with van der Waals surface area (Å²) < 4.78 is 7.89. The molecule has 2 aliphatic rings. The number of nitrogens with zero attached hydrogens (tertiary/aromatic N) is 4. The van der Waals surface area contributed by atoms with Crippen LogP contribution in [0.5, 0.6) is 0 Å². The number of hydrogen-bond acceptors (Lipinski definition) is 4. The van der Waals surface area contributed by atoms with E-state index in [-0.39, 0.29) is 18.2 Å². The molecule has 1 atom stereocenters. The average molecular weight is 364 g/mol. The van der Waals surface area contributed by atoms with Crippen LogP contribution in [-0.4, -0.2) is 71.0 Å². The number of ether oxygens (including phenoxy) is 1. The molecule has 0 bridgehead atoms. The predicted octanol–water partition coefficient (Wildman–Crippen LogP) is 2.88. The minimum absolute atomic E-state index is 0.0547. The quantitative estimate of drug-likeness (QED) is 0.893. The third-order valence-corrected chi connectivity index (χ3v) is 5.13. The molecule has 0 saturated carbocycles. The Kier molecular flexibility index (Phi) is 6.53. The highest BCUT2D eigenvalue weighted by Crippen LogP contribution is 2.18. The van der Waals surface area contributed by atoms with Crippen molar-refractivity contribution in [3.05, 3.63) is 11.8 Å². The van der Waals surface area contributed by atoms with E-state index in [1.807, 2.05) is 22.6 Å². The standard InChI is InChI=1S/C19H33N5O2/c1-15(2)24-18(12-16(3)21-24)20-19(25)23-10-7-11-26-17(14-23)13-22-8-5-4-6-9-22/h12,15,17H,4-11,13-14H2,1-3H3,(H,20,25)/t17-/m1/s1. The van der Waals surface area contributed by atoms with Crippen molar-refractivity contribution in [1.82, 2.24) is 19.6 Å². The highest BCUT2D eigenvalue weighted by Gasteiger charge is 2.25. The normalized spacial score (nSPS) is 22.5. The van der Waals surface area contributed by atoms with Crippen LogP contribution in [0.3, 0.4) is 0 Å². The van der Waals surface area contributed by atoms with Crippen molar-refractivity contribution in [1.29, 1.82) is 0 Å². The van der Waals surface area contributed by atoms with Gasteiger partial charge in [-0.15, -0.1) is 0 Å². The van der Waals surface area contributed by atoms with E-state index >= 15 is 0 Å². The first-order valence-corrected chi connectivity index (χ1v) is 9.99. The highest BCUT2D eigenvalue weighted by molar-refractivity contribution is 5.88. The van der Waals surface area contributed by atoms with E-state index in [9.17, 15) is 4.79 Å². The zero-order valence-corrected chi connectivity index (χ0v) is 16.4. The van der Waals surface area contributed by atoms with Crippen LogP contribution in [0.1, 0.15) is 51.3 Å². The van der Waals surface area contributed by atoms with Crippen molar-refractivity contribution >= 4 is 11.8 Å². The molecule has 7 nitrogen and oxygen atoms in total. The van der Waals surface area contributed by atoms with Gasteiger partial charge in [0.25, 0.3) is 0 Å². The third-order valence-electron chi connectivity index (χ3n) is 5.13. The number of likely N-dealkylation sites (tertiary alicyclic amines) is 1. The average Bonchev–Trinajstić information content (AvgIpc) is 2.83. The summed E-state index contributed by atoms with van der Waals surface area (Å²) >= 11 is 0. The first-order chi connectivity index (χ1) is 12.5. The molecule has 2 saturated heterocycles. The fourth-order valence-corrected chi connectivity index (χ4v) is 3.81. The number of hydrogen-bond donors (Lipinski definition) is 1. The summed E-state index contributed by atoms with van der Waals surface area (Å²) in [5, 5.41) is 7.52. The molecule has 1 N–H and O–H groups in total. The number of nitrogens with one attached hydrogen (secondary N) is 1. The van der Waals surface area contributed by atoms with E-state index in [2.05, 4.69) is 29.2 Å². The summed E-state index contributed by atoms with van der Waals surface area (Å²) in [6.45, 7) is 11.4. The molecule has 0 unspecified atom stereocenters. The second kappa shape index (κ2) is 8.86. The number of amides is 2. The first kappa shape index (κ1) is 19.2. The molecule has 0 aliphatic carbocycles. The van der Waals surface area contributed by atoms with Crippen LogP contribution in [-0.2, 0) is 4.74 Å². The van der Waals surface area contributed by atoms with Gasteiger partial charge in [-0.3, -0.25) is 5.32 Å². The van der Waals surface area contributed by atoms with E-state index in [0.717, 1.165) is 50.7 Å². The Balaban J connectivity index is 1.60. The Morgan fingerprint density at radius 2 is 2.04 bits per heavy atom. The molecular weight excluding hydrogens is 330 g/mol. The molecule has 2 amide bonds. The fourth-order valence-electron chi connectivity index (χ4n) is 3.81. The van der Waals surface area contributed by atoms with Crippen LogP contribution in [0.25, 0.3) is 0 Å². The molecule has 2 fully saturated rings. The van der Waals surface area contributed by atoms with Gasteiger partial charge < -0.3 is 14.5 Å². The summed E-state index contributed by atoms with van der Waals surface area (Å²) in [4.78, 5) is 17.2. The fraction of sp³-hybridized carbons (Fsp3) is 0.789. The number of piperidine rings is 1. The maximum atomic E-state index is 12.8. The number of rotatable bonds is 4. The lowest BCUT2D eigenvalue weighted by Gasteiger charge is -2.31. The van der Waals surface area contributed by atoms with Crippen LogP contribution >= 0.6 is 0 Å². The number of aryl methyl sites for hydroxylation is 1. The molecule has 0 aromatic carbocycles. The zero-order chi connectivity index (χ0) is 18.5. The Morgan fingerprint density at radius 1 is 1.27 bits per heavy atom. The van der Waals surface area contributed by atoms with Gasteiger partial charge in [-0.05, 0) is 53.1 Å². The number of aromatic nitrogens is 2. The molecule has 3 rings (SSSR count). The van der Waals surface area contributed by atoms with Gasteiger partial charge in [-0.1, -0.05) is 6.42 Å². The van der Waals surface area contributed by atoms with Crippen LogP contribution in [0.2, 0.25) is 0 Å². The number of carbonyl (C=O) groups is 1. The monoisotopic (exact) mass is 363 g/mol. The van der Waals surface area contributed by atoms with Gasteiger partial charge in [0, 0.05) is 38.3 Å². The van der Waals surface area contributed by atoms with Crippen LogP contribution in [0.15, 0.2) is 6.07 Å². The first-order valence-electron chi connectivity index (χ1n) is 9.99. The second-order valence-corrected chi connectivity index (χ2v) is 7.79. The van der Waals surface area contributed by atoms with Crippen LogP contribution in [0, 0.1) is 6.92 Å². The largest absolute Gasteiger partial charge is 0.375 e. The maximum Gasteiger partial charge on any atom is 0.323 e. The van der Waals surface area contributed by atoms with Crippen molar-refractivity contribution in [2.45, 2.75) is 58.6 Å². The second-order valence-electron chi connectivity index (χ2n) is 7.79. The van der Waals surface area contributed by atoms with E-state index in [1.54, 1.807) is 0 Å². The van der Waals surface area contributed by atoms with Crippen molar-refractivity contribution in [3.63, 3.8) is 0 Å². The Hall–Kier alpha value is -1.60. The molecule has 3 heterocycles. The number of urea groups is 1. The molecule has 2 aliphatic heterocycles. The van der Waals surface area contributed by atoms with E-state index < -0.39 is 0 Å². The number of carbonyl (C=O) groups excluding carboxylic acids is 1. The Morgan fingerprint density at radius 3 is 2.77 bits per heavy atom. The Bertz CT molecular complexity index is 595. The molecule has 0 spiro atoms. The van der Waals surface area contributed by atoms with Crippen molar-refractivity contribution < 1.29 is 9.53 Å². The summed E-state index contributed by atoms with van der Waals surface area (Å²) in [6, 6.07) is 2.08. The minimum Gasteiger partial charge on any atom is -0.375 e. The lowest BCUT2D eigenvalue weighted by molar-refractivity contribution is 0.0261. The lowest BCUT2D eigenvalue weighted by Crippen LogP contribution is -2.45. The third kappa shape index (κ3) is 4.98. The summed E-state index contributed by atoms with van der Waals surface area (Å²) in [5.41, 5.74) is 0.913.